The van der Waals surface area contributed by atoms with Gasteiger partial charge >= 0.3 is 0 Å². The molecular weight excluding hydrogens is 209 g/mol. The van der Waals surface area contributed by atoms with Crippen molar-refractivity contribution in [3.63, 3.8) is 0 Å². The fourth-order valence-corrected chi connectivity index (χ4v) is 1.82. The molecule has 5 nitrogen and oxygen atoms in total. The lowest BCUT2D eigenvalue weighted by Gasteiger charge is -2.39. The van der Waals surface area contributed by atoms with Crippen molar-refractivity contribution in [2.24, 2.45) is 0 Å². The summed E-state index contributed by atoms with van der Waals surface area (Å²) in [6.45, 7) is 1.44. The lowest BCUT2D eigenvalue weighted by atomic mass is 10.1. The van der Waals surface area contributed by atoms with Crippen LogP contribution < -0.4 is 4.90 Å². The van der Waals surface area contributed by atoms with Gasteiger partial charge < -0.3 is 4.90 Å². The molecule has 16 heavy (non-hydrogen) atoms. The van der Waals surface area contributed by atoms with Crippen LogP contribution in [0.1, 0.15) is 6.04 Å². The summed E-state index contributed by atoms with van der Waals surface area (Å²) >= 11 is 0. The lowest BCUT2D eigenvalue weighted by molar-refractivity contribution is 0.355. The third-order valence-corrected chi connectivity index (χ3v) is 2.72. The van der Waals surface area contributed by atoms with E-state index in [0.717, 1.165) is 13.1 Å². The maximum atomic E-state index is 13.4. The van der Waals surface area contributed by atoms with Crippen LogP contribution in [0.25, 0.3) is 0 Å². The largest absolute Gasteiger partial charge is 0.350 e. The van der Waals surface area contributed by atoms with E-state index < -0.39 is 0 Å². The minimum Gasteiger partial charge on any atom is -0.350 e. The molecule has 0 atom stereocenters. The van der Waals surface area contributed by atoms with Crippen molar-refractivity contribution < 1.29 is 4.39 Å². The highest BCUT2D eigenvalue weighted by Crippen LogP contribution is 2.26. The van der Waals surface area contributed by atoms with E-state index in [1.54, 1.807) is 23.1 Å². The van der Waals surface area contributed by atoms with Crippen molar-refractivity contribution in [3.8, 4) is 0 Å². The quantitative estimate of drug-likeness (QED) is 0.752. The highest BCUT2D eigenvalue weighted by molar-refractivity contribution is 5.42. The van der Waals surface area contributed by atoms with Crippen molar-refractivity contribution in [2.45, 2.75) is 6.04 Å². The molecule has 1 fully saturated rings. The molecule has 0 N–H and O–H groups in total. The van der Waals surface area contributed by atoms with Crippen LogP contribution in [-0.2, 0) is 0 Å². The van der Waals surface area contributed by atoms with Crippen LogP contribution in [0.5, 0.6) is 0 Å². The van der Waals surface area contributed by atoms with Gasteiger partial charge in [0.1, 0.15) is 0 Å². The Morgan fingerprint density at radius 2 is 2.19 bits per heavy atom. The first-order chi connectivity index (χ1) is 7.84. The fourth-order valence-electron chi connectivity index (χ4n) is 1.82. The average Bonchev–Trinajstić information content (AvgIpc) is 2.72. The number of anilines is 1. The first-order valence-corrected chi connectivity index (χ1v) is 5.06. The molecule has 1 saturated heterocycles. The van der Waals surface area contributed by atoms with E-state index in [2.05, 4.69) is 15.3 Å². The number of aromatic nitrogens is 4. The molecule has 1 aliphatic rings. The molecule has 0 aromatic carbocycles. The normalized spacial score (nSPS) is 16.2. The Kier molecular flexibility index (Phi) is 2.05. The Morgan fingerprint density at radius 1 is 1.31 bits per heavy atom. The summed E-state index contributed by atoms with van der Waals surface area (Å²) < 4.78 is 15.2. The second-order valence-corrected chi connectivity index (χ2v) is 3.75. The van der Waals surface area contributed by atoms with Gasteiger partial charge in [-0.2, -0.15) is 0 Å². The van der Waals surface area contributed by atoms with E-state index in [-0.39, 0.29) is 11.9 Å². The van der Waals surface area contributed by atoms with Gasteiger partial charge in [0.15, 0.2) is 11.6 Å². The molecule has 3 rings (SSSR count). The zero-order valence-electron chi connectivity index (χ0n) is 8.49. The van der Waals surface area contributed by atoms with Gasteiger partial charge in [0, 0.05) is 25.5 Å². The molecule has 0 aliphatic carbocycles. The molecule has 0 spiro atoms. The van der Waals surface area contributed by atoms with Crippen LogP contribution in [0.3, 0.4) is 0 Å². The number of rotatable bonds is 2. The molecule has 2 aromatic heterocycles. The van der Waals surface area contributed by atoms with Gasteiger partial charge in [-0.05, 0) is 12.1 Å². The maximum absolute atomic E-state index is 13.4. The topological polar surface area (TPSA) is 46.8 Å². The summed E-state index contributed by atoms with van der Waals surface area (Å²) in [5, 5.41) is 7.66. The number of hydrogen-bond donors (Lipinski definition) is 0. The molecule has 0 unspecified atom stereocenters. The number of pyridine rings is 1. The molecule has 82 valence electrons. The van der Waals surface area contributed by atoms with Gasteiger partial charge in [-0.3, -0.25) is 0 Å². The number of halogens is 1. The summed E-state index contributed by atoms with van der Waals surface area (Å²) in [7, 11) is 0. The van der Waals surface area contributed by atoms with Crippen LogP contribution in [0.2, 0.25) is 0 Å². The van der Waals surface area contributed by atoms with Crippen molar-refractivity contribution in [3.05, 3.63) is 36.5 Å². The second-order valence-electron chi connectivity index (χ2n) is 3.75. The summed E-state index contributed by atoms with van der Waals surface area (Å²) in [4.78, 5) is 5.91. The standard InChI is InChI=1S/C10H10FN5/c11-9-2-1-3-12-10(9)15-6-8(7-15)16-5-4-13-14-16/h1-5,8H,6-7H2. The van der Waals surface area contributed by atoms with Crippen molar-refractivity contribution >= 4 is 5.82 Å². The Balaban J connectivity index is 1.72. The van der Waals surface area contributed by atoms with E-state index in [0.29, 0.717) is 5.82 Å². The smallest absolute Gasteiger partial charge is 0.165 e. The Morgan fingerprint density at radius 3 is 2.88 bits per heavy atom. The Bertz CT molecular complexity index is 478. The van der Waals surface area contributed by atoms with E-state index in [4.69, 9.17) is 0 Å². The zero-order chi connectivity index (χ0) is 11.0. The van der Waals surface area contributed by atoms with Crippen LogP contribution in [0.4, 0.5) is 10.2 Å². The predicted molar refractivity (Wildman–Crippen MR) is 55.5 cm³/mol. The predicted octanol–water partition coefficient (Wildman–Crippen LogP) is 0.873. The maximum Gasteiger partial charge on any atom is 0.165 e. The van der Waals surface area contributed by atoms with Crippen LogP contribution in [0, 0.1) is 5.82 Å². The second kappa shape index (κ2) is 3.55. The van der Waals surface area contributed by atoms with Crippen molar-refractivity contribution in [1.82, 2.24) is 20.0 Å². The fraction of sp³-hybridized carbons (Fsp3) is 0.300. The average molecular weight is 219 g/mol. The molecule has 0 saturated carbocycles. The van der Waals surface area contributed by atoms with Gasteiger partial charge in [-0.15, -0.1) is 5.10 Å². The Labute approximate surface area is 91.5 Å². The van der Waals surface area contributed by atoms with Crippen molar-refractivity contribution in [1.29, 1.82) is 0 Å². The van der Waals surface area contributed by atoms with Crippen LogP contribution >= 0.6 is 0 Å². The summed E-state index contributed by atoms with van der Waals surface area (Å²) in [5.74, 6) is 0.137. The lowest BCUT2D eigenvalue weighted by Crippen LogP contribution is -2.48. The van der Waals surface area contributed by atoms with Crippen LogP contribution in [0.15, 0.2) is 30.7 Å². The van der Waals surface area contributed by atoms with Crippen molar-refractivity contribution in [2.75, 3.05) is 18.0 Å². The van der Waals surface area contributed by atoms with Crippen LogP contribution in [-0.4, -0.2) is 33.1 Å². The third kappa shape index (κ3) is 1.42. The van der Waals surface area contributed by atoms with E-state index in [1.807, 2.05) is 11.1 Å². The van der Waals surface area contributed by atoms with Gasteiger partial charge in [0.25, 0.3) is 0 Å². The molecule has 0 amide bonds. The first kappa shape index (κ1) is 9.26. The van der Waals surface area contributed by atoms with Gasteiger partial charge in [-0.1, -0.05) is 5.21 Å². The minimum atomic E-state index is -0.278. The molecule has 2 aromatic rings. The monoisotopic (exact) mass is 219 g/mol. The number of hydrogen-bond acceptors (Lipinski definition) is 4. The molecule has 6 heteroatoms. The van der Waals surface area contributed by atoms with E-state index in [9.17, 15) is 4.39 Å². The first-order valence-electron chi connectivity index (χ1n) is 5.06. The molecule has 1 aliphatic heterocycles. The van der Waals surface area contributed by atoms with E-state index >= 15 is 0 Å². The summed E-state index contributed by atoms with van der Waals surface area (Å²) in [5.41, 5.74) is 0. The minimum absolute atomic E-state index is 0.268. The van der Waals surface area contributed by atoms with E-state index in [1.165, 1.54) is 6.07 Å². The molecular formula is C10H10FN5. The van der Waals surface area contributed by atoms with Gasteiger partial charge in [0.2, 0.25) is 0 Å². The highest BCUT2D eigenvalue weighted by Gasteiger charge is 2.31. The molecule has 0 bridgehead atoms. The summed E-state index contributed by atoms with van der Waals surface area (Å²) in [6.07, 6.45) is 5.06. The zero-order valence-corrected chi connectivity index (χ0v) is 8.49. The van der Waals surface area contributed by atoms with Gasteiger partial charge in [0.05, 0.1) is 12.2 Å². The SMILES string of the molecule is Fc1cccnc1N1CC(n2ccnn2)C1. The highest BCUT2D eigenvalue weighted by atomic mass is 19.1. The molecule has 3 heterocycles. The Hall–Kier alpha value is -1.98. The molecule has 0 radical (unpaired) electrons. The summed E-state index contributed by atoms with van der Waals surface area (Å²) in [6, 6.07) is 3.28. The third-order valence-electron chi connectivity index (χ3n) is 2.72. The number of nitrogens with zero attached hydrogens (tertiary/aromatic N) is 5. The van der Waals surface area contributed by atoms with Gasteiger partial charge in [-0.25, -0.2) is 14.1 Å².